The van der Waals surface area contributed by atoms with Crippen molar-refractivity contribution < 1.29 is 4.79 Å². The first-order valence-electron chi connectivity index (χ1n) is 6.24. The third-order valence-electron chi connectivity index (χ3n) is 3.42. The van der Waals surface area contributed by atoms with Gasteiger partial charge in [-0.05, 0) is 37.7 Å². The van der Waals surface area contributed by atoms with E-state index in [9.17, 15) is 9.59 Å². The first kappa shape index (κ1) is 10.6. The summed E-state index contributed by atoms with van der Waals surface area (Å²) < 4.78 is 0. The summed E-state index contributed by atoms with van der Waals surface area (Å²) in [5.41, 5.74) is 0.305. The second-order valence-electron chi connectivity index (χ2n) is 5.07. The van der Waals surface area contributed by atoms with Crippen LogP contribution in [0.25, 0.3) is 0 Å². The lowest BCUT2D eigenvalue weighted by atomic mass is 10.2. The van der Waals surface area contributed by atoms with E-state index in [4.69, 9.17) is 0 Å². The Balaban J connectivity index is 1.79. The van der Waals surface area contributed by atoms with Crippen molar-refractivity contribution in [1.82, 2.24) is 9.88 Å². The van der Waals surface area contributed by atoms with Crippen molar-refractivity contribution in [3.05, 3.63) is 34.2 Å². The summed E-state index contributed by atoms with van der Waals surface area (Å²) in [6.07, 6.45) is 6.25. The summed E-state index contributed by atoms with van der Waals surface area (Å²) in [6, 6.07) is 3.50. The molecule has 17 heavy (non-hydrogen) atoms. The number of hydrogen-bond donors (Lipinski definition) is 1. The Hall–Kier alpha value is -1.58. The lowest BCUT2D eigenvalue weighted by molar-refractivity contribution is 0.0734. The quantitative estimate of drug-likeness (QED) is 0.852. The van der Waals surface area contributed by atoms with Crippen molar-refractivity contribution in [3.8, 4) is 0 Å². The number of hydrogen-bond acceptors (Lipinski definition) is 2. The van der Waals surface area contributed by atoms with Crippen LogP contribution in [0.1, 0.15) is 36.0 Å². The van der Waals surface area contributed by atoms with E-state index in [1.165, 1.54) is 25.1 Å². The lowest BCUT2D eigenvalue weighted by Gasteiger charge is -2.22. The molecule has 0 aliphatic heterocycles. The fraction of sp³-hybridized carbons (Fsp3) is 0.538. The Bertz CT molecular complexity index is 486. The van der Waals surface area contributed by atoms with Crippen LogP contribution in [0.5, 0.6) is 0 Å². The van der Waals surface area contributed by atoms with Gasteiger partial charge in [0.05, 0.1) is 0 Å². The molecular weight excluding hydrogens is 216 g/mol. The molecule has 1 aromatic rings. The standard InChI is InChI=1S/C13H16N2O2/c16-12-7-10(5-6-14-12)13(17)15(11-3-4-11)8-9-1-2-9/h5-7,9,11H,1-4,8H2,(H,14,16). The molecule has 1 aromatic heterocycles. The smallest absolute Gasteiger partial charge is 0.254 e. The second-order valence-corrected chi connectivity index (χ2v) is 5.07. The molecule has 0 unspecified atom stereocenters. The van der Waals surface area contributed by atoms with E-state index in [1.807, 2.05) is 4.90 Å². The number of pyridine rings is 1. The minimum atomic E-state index is -0.210. The van der Waals surface area contributed by atoms with E-state index in [1.54, 1.807) is 6.07 Å². The summed E-state index contributed by atoms with van der Waals surface area (Å²) >= 11 is 0. The number of carbonyl (C=O) groups is 1. The van der Waals surface area contributed by atoms with E-state index in [-0.39, 0.29) is 11.5 Å². The van der Waals surface area contributed by atoms with Crippen LogP contribution in [0.2, 0.25) is 0 Å². The third-order valence-corrected chi connectivity index (χ3v) is 3.42. The molecule has 90 valence electrons. The molecule has 2 aliphatic rings. The number of rotatable bonds is 4. The van der Waals surface area contributed by atoms with Gasteiger partial charge in [0.1, 0.15) is 0 Å². The molecule has 0 bridgehead atoms. The van der Waals surface area contributed by atoms with Crippen LogP contribution in [-0.2, 0) is 0 Å². The molecule has 0 aromatic carbocycles. The number of nitrogens with one attached hydrogen (secondary N) is 1. The van der Waals surface area contributed by atoms with E-state index < -0.39 is 0 Å². The Kier molecular flexibility index (Phi) is 2.50. The summed E-state index contributed by atoms with van der Waals surface area (Å²) in [6.45, 7) is 0.871. The number of carbonyl (C=O) groups excluding carboxylic acids is 1. The fourth-order valence-corrected chi connectivity index (χ4v) is 2.11. The van der Waals surface area contributed by atoms with Gasteiger partial charge in [-0.25, -0.2) is 0 Å². The van der Waals surface area contributed by atoms with Gasteiger partial charge in [-0.15, -0.1) is 0 Å². The van der Waals surface area contributed by atoms with E-state index in [2.05, 4.69) is 4.98 Å². The maximum atomic E-state index is 12.3. The molecule has 2 saturated carbocycles. The van der Waals surface area contributed by atoms with Crippen LogP contribution in [0.15, 0.2) is 23.1 Å². The monoisotopic (exact) mass is 232 g/mol. The maximum absolute atomic E-state index is 12.3. The number of H-pyrrole nitrogens is 1. The van der Waals surface area contributed by atoms with Crippen molar-refractivity contribution >= 4 is 5.91 Å². The Morgan fingerprint density at radius 3 is 2.71 bits per heavy atom. The minimum absolute atomic E-state index is 0.0190. The fourth-order valence-electron chi connectivity index (χ4n) is 2.11. The van der Waals surface area contributed by atoms with Gasteiger partial charge in [-0.2, -0.15) is 0 Å². The zero-order valence-electron chi connectivity index (χ0n) is 9.69. The van der Waals surface area contributed by atoms with Crippen LogP contribution in [0, 0.1) is 5.92 Å². The summed E-state index contributed by atoms with van der Waals surface area (Å²) in [5.74, 6) is 0.715. The van der Waals surface area contributed by atoms with Crippen molar-refractivity contribution in [2.75, 3.05) is 6.54 Å². The minimum Gasteiger partial charge on any atom is -0.335 e. The van der Waals surface area contributed by atoms with Crippen molar-refractivity contribution in [3.63, 3.8) is 0 Å². The Morgan fingerprint density at radius 1 is 1.35 bits per heavy atom. The molecule has 1 amide bonds. The predicted octanol–water partition coefficient (Wildman–Crippen LogP) is 1.39. The average Bonchev–Trinajstić information content (AvgIpc) is 3.16. The molecule has 4 heteroatoms. The molecule has 0 saturated heterocycles. The molecule has 4 nitrogen and oxygen atoms in total. The van der Waals surface area contributed by atoms with Gasteiger partial charge in [0, 0.05) is 30.4 Å². The highest BCUT2D eigenvalue weighted by Crippen LogP contribution is 2.35. The largest absolute Gasteiger partial charge is 0.335 e. The SMILES string of the molecule is O=C(c1cc[nH]c(=O)c1)N(CC1CC1)C1CC1. The van der Waals surface area contributed by atoms with Gasteiger partial charge < -0.3 is 9.88 Å². The van der Waals surface area contributed by atoms with Crippen LogP contribution < -0.4 is 5.56 Å². The van der Waals surface area contributed by atoms with Crippen molar-refractivity contribution in [2.45, 2.75) is 31.7 Å². The lowest BCUT2D eigenvalue weighted by Crippen LogP contribution is -2.35. The summed E-state index contributed by atoms with van der Waals surface area (Å²) in [7, 11) is 0. The number of aromatic nitrogens is 1. The number of aromatic amines is 1. The van der Waals surface area contributed by atoms with Gasteiger partial charge in [-0.1, -0.05) is 0 Å². The Morgan fingerprint density at radius 2 is 2.12 bits per heavy atom. The number of amides is 1. The highest BCUT2D eigenvalue weighted by atomic mass is 16.2. The van der Waals surface area contributed by atoms with E-state index >= 15 is 0 Å². The predicted molar refractivity (Wildman–Crippen MR) is 63.8 cm³/mol. The molecule has 1 heterocycles. The second kappa shape index (κ2) is 4.02. The van der Waals surface area contributed by atoms with E-state index in [0.29, 0.717) is 17.5 Å². The van der Waals surface area contributed by atoms with Crippen LogP contribution in [0.4, 0.5) is 0 Å². The highest BCUT2D eigenvalue weighted by molar-refractivity contribution is 5.94. The topological polar surface area (TPSA) is 53.2 Å². The van der Waals surface area contributed by atoms with Gasteiger partial charge in [0.25, 0.3) is 5.91 Å². The van der Waals surface area contributed by atoms with Crippen LogP contribution in [-0.4, -0.2) is 28.4 Å². The van der Waals surface area contributed by atoms with Gasteiger partial charge >= 0.3 is 0 Å². The van der Waals surface area contributed by atoms with Crippen molar-refractivity contribution in [2.24, 2.45) is 5.92 Å². The maximum Gasteiger partial charge on any atom is 0.254 e. The normalized spacial score (nSPS) is 19.1. The molecule has 1 N–H and O–H groups in total. The molecule has 2 fully saturated rings. The number of nitrogens with zero attached hydrogens (tertiary/aromatic N) is 1. The first-order chi connectivity index (χ1) is 8.24. The van der Waals surface area contributed by atoms with Gasteiger partial charge in [0.2, 0.25) is 5.56 Å². The van der Waals surface area contributed by atoms with Crippen LogP contribution in [0.3, 0.4) is 0 Å². The summed E-state index contributed by atoms with van der Waals surface area (Å²) in [4.78, 5) is 28.0. The summed E-state index contributed by atoms with van der Waals surface area (Å²) in [5, 5.41) is 0. The Labute approximate surface area is 99.6 Å². The molecule has 3 rings (SSSR count). The molecular formula is C13H16N2O2. The van der Waals surface area contributed by atoms with Gasteiger partial charge in [-0.3, -0.25) is 9.59 Å². The van der Waals surface area contributed by atoms with Crippen LogP contribution >= 0.6 is 0 Å². The highest BCUT2D eigenvalue weighted by Gasteiger charge is 2.36. The first-order valence-corrected chi connectivity index (χ1v) is 6.24. The average molecular weight is 232 g/mol. The molecule has 0 radical (unpaired) electrons. The van der Waals surface area contributed by atoms with Gasteiger partial charge in [0.15, 0.2) is 0 Å². The van der Waals surface area contributed by atoms with Crippen molar-refractivity contribution in [1.29, 1.82) is 0 Å². The molecule has 2 aliphatic carbocycles. The zero-order valence-corrected chi connectivity index (χ0v) is 9.69. The third kappa shape index (κ3) is 2.40. The molecule has 0 atom stereocenters. The molecule has 0 spiro atoms. The van der Waals surface area contributed by atoms with E-state index in [0.717, 1.165) is 19.4 Å². The zero-order chi connectivity index (χ0) is 11.8.